The molecule has 4 heteroatoms. The maximum atomic E-state index is 6.07. The van der Waals surface area contributed by atoms with Gasteiger partial charge in [-0.25, -0.2) is 4.98 Å². The second-order valence-corrected chi connectivity index (χ2v) is 5.60. The zero-order valence-corrected chi connectivity index (χ0v) is 13.1. The van der Waals surface area contributed by atoms with E-state index < -0.39 is 0 Å². The molecule has 0 aliphatic rings. The molecule has 0 amide bonds. The Morgan fingerprint density at radius 1 is 1.29 bits per heavy atom. The van der Waals surface area contributed by atoms with Gasteiger partial charge in [0.25, 0.3) is 0 Å². The van der Waals surface area contributed by atoms with Gasteiger partial charge < -0.3 is 11.1 Å². The maximum absolute atomic E-state index is 6.07. The molecule has 21 heavy (non-hydrogen) atoms. The monoisotopic (exact) mass is 303 g/mol. The molecule has 1 aromatic heterocycles. The number of aryl methyl sites for hydroxylation is 1. The van der Waals surface area contributed by atoms with Crippen molar-refractivity contribution in [3.05, 3.63) is 58.7 Å². The third kappa shape index (κ3) is 4.73. The highest BCUT2D eigenvalue weighted by Crippen LogP contribution is 2.26. The summed E-state index contributed by atoms with van der Waals surface area (Å²) < 4.78 is 0. The van der Waals surface area contributed by atoms with E-state index in [0.29, 0.717) is 10.8 Å². The van der Waals surface area contributed by atoms with Gasteiger partial charge in [-0.15, -0.1) is 0 Å². The second kappa shape index (κ2) is 8.01. The van der Waals surface area contributed by atoms with E-state index in [0.717, 1.165) is 31.4 Å². The average molecular weight is 304 g/mol. The summed E-state index contributed by atoms with van der Waals surface area (Å²) in [5.41, 5.74) is 8.34. The summed E-state index contributed by atoms with van der Waals surface area (Å²) in [7, 11) is 0. The van der Waals surface area contributed by atoms with Crippen LogP contribution in [0.2, 0.25) is 5.02 Å². The molecule has 0 radical (unpaired) electrons. The van der Waals surface area contributed by atoms with Crippen LogP contribution in [-0.2, 0) is 6.42 Å². The van der Waals surface area contributed by atoms with Crippen LogP contribution in [0.25, 0.3) is 0 Å². The summed E-state index contributed by atoms with van der Waals surface area (Å²) in [6.45, 7) is 3.10. The standard InChI is InChI=1S/C17H22ClN3/c1-2-10-20-16(9-8-13-6-4-3-5-7-13)15-11-14(18)12-21-17(15)19/h3-7,11-12,16,20H,2,8-10H2,1H3,(H2,19,21). The maximum Gasteiger partial charge on any atom is 0.128 e. The summed E-state index contributed by atoms with van der Waals surface area (Å²) >= 11 is 6.07. The van der Waals surface area contributed by atoms with Gasteiger partial charge in [0.2, 0.25) is 0 Å². The number of halogens is 1. The molecule has 1 atom stereocenters. The van der Waals surface area contributed by atoms with Crippen LogP contribution in [0.5, 0.6) is 0 Å². The van der Waals surface area contributed by atoms with Crippen molar-refractivity contribution >= 4 is 17.4 Å². The van der Waals surface area contributed by atoms with Gasteiger partial charge in [-0.1, -0.05) is 48.9 Å². The number of nitrogen functional groups attached to an aromatic ring is 1. The van der Waals surface area contributed by atoms with Gasteiger partial charge in [-0.05, 0) is 37.4 Å². The number of aromatic nitrogens is 1. The largest absolute Gasteiger partial charge is 0.383 e. The van der Waals surface area contributed by atoms with E-state index in [2.05, 4.69) is 41.5 Å². The molecule has 0 fully saturated rings. The molecule has 0 spiro atoms. The fraction of sp³-hybridized carbons (Fsp3) is 0.353. The Labute approximate surface area is 131 Å². The number of pyridine rings is 1. The molecule has 3 nitrogen and oxygen atoms in total. The van der Waals surface area contributed by atoms with Crippen LogP contribution in [0.3, 0.4) is 0 Å². The van der Waals surface area contributed by atoms with E-state index in [9.17, 15) is 0 Å². The Hall–Kier alpha value is -1.58. The van der Waals surface area contributed by atoms with Crippen LogP contribution in [0.15, 0.2) is 42.6 Å². The average Bonchev–Trinajstić information content (AvgIpc) is 2.51. The summed E-state index contributed by atoms with van der Waals surface area (Å²) in [6.07, 6.45) is 4.63. The molecule has 0 bridgehead atoms. The molecule has 2 aromatic rings. The molecule has 1 heterocycles. The third-order valence-corrected chi connectivity index (χ3v) is 3.70. The zero-order chi connectivity index (χ0) is 15.1. The van der Waals surface area contributed by atoms with Crippen molar-refractivity contribution in [2.75, 3.05) is 12.3 Å². The van der Waals surface area contributed by atoms with E-state index in [1.807, 2.05) is 12.1 Å². The molecule has 0 saturated heterocycles. The number of anilines is 1. The van der Waals surface area contributed by atoms with Crippen LogP contribution in [0, 0.1) is 0 Å². The normalized spacial score (nSPS) is 12.3. The molecule has 1 aromatic carbocycles. The predicted molar refractivity (Wildman–Crippen MR) is 89.5 cm³/mol. The van der Waals surface area contributed by atoms with E-state index in [4.69, 9.17) is 17.3 Å². The smallest absolute Gasteiger partial charge is 0.128 e. The van der Waals surface area contributed by atoms with E-state index in [1.165, 1.54) is 5.56 Å². The Morgan fingerprint density at radius 2 is 2.05 bits per heavy atom. The summed E-state index contributed by atoms with van der Waals surface area (Å²) in [4.78, 5) is 4.17. The molecule has 0 aliphatic heterocycles. The van der Waals surface area contributed by atoms with Crippen LogP contribution in [-0.4, -0.2) is 11.5 Å². The molecule has 1 unspecified atom stereocenters. The molecule has 3 N–H and O–H groups in total. The Balaban J connectivity index is 2.12. The minimum Gasteiger partial charge on any atom is -0.383 e. The first-order valence-corrected chi connectivity index (χ1v) is 7.76. The van der Waals surface area contributed by atoms with Gasteiger partial charge >= 0.3 is 0 Å². The molecule has 2 rings (SSSR count). The lowest BCUT2D eigenvalue weighted by atomic mass is 9.99. The summed E-state index contributed by atoms with van der Waals surface area (Å²) in [5, 5.41) is 4.17. The number of rotatable bonds is 7. The van der Waals surface area contributed by atoms with Crippen LogP contribution in [0.1, 0.15) is 36.9 Å². The van der Waals surface area contributed by atoms with Crippen LogP contribution < -0.4 is 11.1 Å². The number of hydrogen-bond acceptors (Lipinski definition) is 3. The number of benzene rings is 1. The van der Waals surface area contributed by atoms with Gasteiger partial charge in [0, 0.05) is 17.8 Å². The topological polar surface area (TPSA) is 50.9 Å². The van der Waals surface area contributed by atoms with Crippen molar-refractivity contribution in [2.24, 2.45) is 0 Å². The van der Waals surface area contributed by atoms with E-state index >= 15 is 0 Å². The molecule has 0 saturated carbocycles. The van der Waals surface area contributed by atoms with Gasteiger partial charge in [0.15, 0.2) is 0 Å². The van der Waals surface area contributed by atoms with Crippen molar-refractivity contribution in [3.8, 4) is 0 Å². The summed E-state index contributed by atoms with van der Waals surface area (Å²) in [5.74, 6) is 0.557. The second-order valence-electron chi connectivity index (χ2n) is 5.16. The molecule has 112 valence electrons. The van der Waals surface area contributed by atoms with Crippen molar-refractivity contribution in [3.63, 3.8) is 0 Å². The van der Waals surface area contributed by atoms with Gasteiger partial charge in [-0.3, -0.25) is 0 Å². The minimum atomic E-state index is 0.177. The van der Waals surface area contributed by atoms with Crippen LogP contribution >= 0.6 is 11.6 Å². The third-order valence-electron chi connectivity index (χ3n) is 3.50. The van der Waals surface area contributed by atoms with E-state index in [-0.39, 0.29) is 6.04 Å². The first kappa shape index (κ1) is 15.8. The number of hydrogen-bond donors (Lipinski definition) is 2. The Kier molecular flexibility index (Phi) is 6.03. The number of nitrogens with two attached hydrogens (primary N) is 1. The fourth-order valence-corrected chi connectivity index (χ4v) is 2.55. The lowest BCUT2D eigenvalue weighted by Crippen LogP contribution is -2.24. The van der Waals surface area contributed by atoms with Crippen molar-refractivity contribution in [1.82, 2.24) is 10.3 Å². The van der Waals surface area contributed by atoms with Gasteiger partial charge in [-0.2, -0.15) is 0 Å². The quantitative estimate of drug-likeness (QED) is 0.813. The van der Waals surface area contributed by atoms with Crippen molar-refractivity contribution in [2.45, 2.75) is 32.2 Å². The van der Waals surface area contributed by atoms with E-state index in [1.54, 1.807) is 6.20 Å². The first-order chi connectivity index (χ1) is 10.2. The van der Waals surface area contributed by atoms with Crippen molar-refractivity contribution in [1.29, 1.82) is 0 Å². The first-order valence-electron chi connectivity index (χ1n) is 7.39. The number of nitrogens with one attached hydrogen (secondary N) is 1. The predicted octanol–water partition coefficient (Wildman–Crippen LogP) is 3.99. The Bertz CT molecular complexity index is 557. The minimum absolute atomic E-state index is 0.177. The van der Waals surface area contributed by atoms with Crippen molar-refractivity contribution < 1.29 is 0 Å². The molecule has 0 aliphatic carbocycles. The molecular formula is C17H22ClN3. The molecular weight excluding hydrogens is 282 g/mol. The fourth-order valence-electron chi connectivity index (χ4n) is 2.39. The lowest BCUT2D eigenvalue weighted by Gasteiger charge is -2.20. The summed E-state index contributed by atoms with van der Waals surface area (Å²) in [6, 6.07) is 12.6. The highest BCUT2D eigenvalue weighted by molar-refractivity contribution is 6.30. The zero-order valence-electron chi connectivity index (χ0n) is 12.3. The highest BCUT2D eigenvalue weighted by Gasteiger charge is 2.15. The number of nitrogens with zero attached hydrogens (tertiary/aromatic N) is 1. The Morgan fingerprint density at radius 3 is 2.76 bits per heavy atom. The lowest BCUT2D eigenvalue weighted by molar-refractivity contribution is 0.499. The SMILES string of the molecule is CCCNC(CCc1ccccc1)c1cc(Cl)cnc1N. The van der Waals surface area contributed by atoms with Gasteiger partial charge in [0.1, 0.15) is 5.82 Å². The van der Waals surface area contributed by atoms with Gasteiger partial charge in [0.05, 0.1) is 5.02 Å². The van der Waals surface area contributed by atoms with Crippen LogP contribution in [0.4, 0.5) is 5.82 Å². The highest BCUT2D eigenvalue weighted by atomic mass is 35.5.